The molecule has 2 aromatic carbocycles. The molecule has 2 aliphatic rings. The molecule has 4 rings (SSSR count). The van der Waals surface area contributed by atoms with Crippen molar-refractivity contribution in [2.24, 2.45) is 17.8 Å². The van der Waals surface area contributed by atoms with Crippen molar-refractivity contribution in [1.82, 2.24) is 10.2 Å². The minimum atomic E-state index is -0.877. The Bertz CT molecular complexity index is 1180. The van der Waals surface area contributed by atoms with Gasteiger partial charge in [0.1, 0.15) is 18.1 Å². The number of fused-ring (bicyclic) bond motifs is 1. The SMILES string of the molecule is CC(=O)Nc1ccc([C@H](C(=O)CC(C)C)N2C(=O)[C@@H](C3Cc4ccccc4C3)NC(=O)[C@H]2CC(C)C)cc1. The Kier molecular flexibility index (Phi) is 8.34. The van der Waals surface area contributed by atoms with E-state index in [-0.39, 0.29) is 47.7 Å². The van der Waals surface area contributed by atoms with Crippen molar-refractivity contribution < 1.29 is 19.2 Å². The highest BCUT2D eigenvalue weighted by atomic mass is 16.2. The van der Waals surface area contributed by atoms with Crippen LogP contribution in [-0.2, 0) is 32.0 Å². The second-order valence-electron chi connectivity index (χ2n) is 11.6. The zero-order chi connectivity index (χ0) is 27.6. The van der Waals surface area contributed by atoms with Gasteiger partial charge in [0.05, 0.1) is 0 Å². The van der Waals surface area contributed by atoms with Gasteiger partial charge in [-0.1, -0.05) is 64.1 Å². The zero-order valence-corrected chi connectivity index (χ0v) is 23.0. The summed E-state index contributed by atoms with van der Waals surface area (Å²) in [6.07, 6.45) is 2.18. The van der Waals surface area contributed by atoms with E-state index in [1.54, 1.807) is 29.2 Å². The molecule has 2 N–H and O–H groups in total. The third-order valence-corrected chi connectivity index (χ3v) is 7.44. The Morgan fingerprint density at radius 1 is 0.947 bits per heavy atom. The number of benzene rings is 2. The van der Waals surface area contributed by atoms with E-state index in [2.05, 4.69) is 22.8 Å². The number of amides is 3. The van der Waals surface area contributed by atoms with E-state index >= 15 is 0 Å². The van der Waals surface area contributed by atoms with Gasteiger partial charge in [0.2, 0.25) is 17.7 Å². The van der Waals surface area contributed by atoms with Crippen molar-refractivity contribution in [2.75, 3.05) is 5.32 Å². The molecule has 0 spiro atoms. The van der Waals surface area contributed by atoms with Gasteiger partial charge in [0.15, 0.2) is 5.78 Å². The van der Waals surface area contributed by atoms with Gasteiger partial charge < -0.3 is 15.5 Å². The number of piperazine rings is 1. The first kappa shape index (κ1) is 27.6. The van der Waals surface area contributed by atoms with Crippen molar-refractivity contribution in [2.45, 2.75) is 78.4 Å². The van der Waals surface area contributed by atoms with Crippen LogP contribution >= 0.6 is 0 Å². The van der Waals surface area contributed by atoms with E-state index < -0.39 is 18.1 Å². The molecule has 3 atom stereocenters. The summed E-state index contributed by atoms with van der Waals surface area (Å²) in [6.45, 7) is 9.42. The number of anilines is 1. The van der Waals surface area contributed by atoms with Gasteiger partial charge in [0.25, 0.3) is 0 Å². The Labute approximate surface area is 225 Å². The molecular weight excluding hydrogens is 478 g/mol. The molecule has 7 heteroatoms. The summed E-state index contributed by atoms with van der Waals surface area (Å²) in [5, 5.41) is 5.80. The van der Waals surface area contributed by atoms with Crippen LogP contribution in [0.15, 0.2) is 48.5 Å². The molecule has 3 amide bonds. The lowest BCUT2D eigenvalue weighted by atomic mass is 9.86. The van der Waals surface area contributed by atoms with E-state index in [0.29, 0.717) is 30.5 Å². The first-order valence-corrected chi connectivity index (χ1v) is 13.6. The maximum Gasteiger partial charge on any atom is 0.247 e. The van der Waals surface area contributed by atoms with Gasteiger partial charge in [-0.05, 0) is 65.8 Å². The van der Waals surface area contributed by atoms with Crippen LogP contribution < -0.4 is 10.6 Å². The Morgan fingerprint density at radius 3 is 2.08 bits per heavy atom. The monoisotopic (exact) mass is 517 g/mol. The standard InChI is InChI=1S/C31H39N3O4/c1-18(2)14-26-30(37)33-28(24-16-22-8-6-7-9-23(22)17-24)31(38)34(26)29(27(36)15-19(3)4)21-10-12-25(13-11-21)32-20(5)35/h6-13,18-19,24,26,28-29H,14-17H2,1-5H3,(H,32,35)(H,33,37)/t26-,28-,29-/m1/s1. The number of ketones is 1. The molecule has 1 heterocycles. The maximum atomic E-state index is 14.3. The second kappa shape index (κ2) is 11.5. The van der Waals surface area contributed by atoms with E-state index in [1.807, 2.05) is 39.8 Å². The molecule has 7 nitrogen and oxygen atoms in total. The van der Waals surface area contributed by atoms with Crippen LogP contribution in [0.4, 0.5) is 5.69 Å². The predicted octanol–water partition coefficient (Wildman–Crippen LogP) is 4.46. The smallest absolute Gasteiger partial charge is 0.247 e. The van der Waals surface area contributed by atoms with Crippen molar-refractivity contribution >= 4 is 29.2 Å². The molecule has 1 fully saturated rings. The summed E-state index contributed by atoms with van der Waals surface area (Å²) in [6, 6.07) is 12.9. The molecule has 1 aliphatic heterocycles. The molecule has 0 saturated carbocycles. The number of Topliss-reactive ketones (excluding diaryl/α,β-unsaturated/α-hetero) is 1. The average Bonchev–Trinajstić information content (AvgIpc) is 3.27. The largest absolute Gasteiger partial charge is 0.342 e. The summed E-state index contributed by atoms with van der Waals surface area (Å²) in [7, 11) is 0. The highest BCUT2D eigenvalue weighted by Crippen LogP contribution is 2.36. The number of nitrogens with zero attached hydrogens (tertiary/aromatic N) is 1. The molecule has 0 radical (unpaired) electrons. The summed E-state index contributed by atoms with van der Waals surface area (Å²) >= 11 is 0. The molecule has 1 aliphatic carbocycles. The van der Waals surface area contributed by atoms with E-state index in [4.69, 9.17) is 0 Å². The lowest BCUT2D eigenvalue weighted by Gasteiger charge is -2.45. The van der Waals surface area contributed by atoms with Gasteiger partial charge in [-0.15, -0.1) is 0 Å². The highest BCUT2D eigenvalue weighted by molar-refractivity contribution is 6.01. The van der Waals surface area contributed by atoms with Gasteiger partial charge in [-0.3, -0.25) is 19.2 Å². The fourth-order valence-corrected chi connectivity index (χ4v) is 5.84. The maximum absolute atomic E-state index is 14.3. The Balaban J connectivity index is 1.74. The minimum Gasteiger partial charge on any atom is -0.342 e. The van der Waals surface area contributed by atoms with E-state index in [1.165, 1.54) is 18.1 Å². The summed E-state index contributed by atoms with van der Waals surface area (Å²) in [5.41, 5.74) is 3.67. The minimum absolute atomic E-state index is 0.0608. The first-order valence-electron chi connectivity index (χ1n) is 13.6. The fourth-order valence-electron chi connectivity index (χ4n) is 5.84. The highest BCUT2D eigenvalue weighted by Gasteiger charge is 2.49. The summed E-state index contributed by atoms with van der Waals surface area (Å²) in [4.78, 5) is 54.9. The average molecular weight is 518 g/mol. The molecule has 0 aromatic heterocycles. The Hall–Kier alpha value is -3.48. The van der Waals surface area contributed by atoms with Crippen LogP contribution in [0.1, 0.15) is 70.2 Å². The number of hydrogen-bond donors (Lipinski definition) is 2. The zero-order valence-electron chi connectivity index (χ0n) is 23.0. The summed E-state index contributed by atoms with van der Waals surface area (Å²) < 4.78 is 0. The third kappa shape index (κ3) is 5.98. The van der Waals surface area contributed by atoms with Crippen LogP contribution in [0, 0.1) is 17.8 Å². The van der Waals surface area contributed by atoms with Crippen molar-refractivity contribution in [3.8, 4) is 0 Å². The Morgan fingerprint density at radius 2 is 1.55 bits per heavy atom. The molecule has 0 bridgehead atoms. The van der Waals surface area contributed by atoms with E-state index in [9.17, 15) is 19.2 Å². The van der Waals surface area contributed by atoms with Gasteiger partial charge in [0, 0.05) is 19.0 Å². The molecule has 1 saturated heterocycles. The molecule has 0 unspecified atom stereocenters. The van der Waals surface area contributed by atoms with Crippen LogP contribution in [0.25, 0.3) is 0 Å². The van der Waals surface area contributed by atoms with Crippen molar-refractivity contribution in [3.05, 3.63) is 65.2 Å². The lowest BCUT2D eigenvalue weighted by molar-refractivity contribution is -0.157. The van der Waals surface area contributed by atoms with Crippen LogP contribution in [0.3, 0.4) is 0 Å². The normalized spacial score (nSPS) is 20.4. The van der Waals surface area contributed by atoms with E-state index in [0.717, 1.165) is 0 Å². The molecule has 38 heavy (non-hydrogen) atoms. The quantitative estimate of drug-likeness (QED) is 0.514. The van der Waals surface area contributed by atoms with Gasteiger partial charge >= 0.3 is 0 Å². The molecule has 202 valence electrons. The number of hydrogen-bond acceptors (Lipinski definition) is 4. The molecular formula is C31H39N3O4. The van der Waals surface area contributed by atoms with Crippen molar-refractivity contribution in [3.63, 3.8) is 0 Å². The number of carbonyl (C=O) groups excluding carboxylic acids is 4. The first-order chi connectivity index (χ1) is 18.0. The van der Waals surface area contributed by atoms with Crippen LogP contribution in [-0.4, -0.2) is 40.5 Å². The van der Waals surface area contributed by atoms with Crippen LogP contribution in [0.2, 0.25) is 0 Å². The number of carbonyl (C=O) groups is 4. The topological polar surface area (TPSA) is 95.6 Å². The summed E-state index contributed by atoms with van der Waals surface area (Å²) in [5.74, 6) is -0.479. The van der Waals surface area contributed by atoms with Crippen LogP contribution in [0.5, 0.6) is 0 Å². The fraction of sp³-hybridized carbons (Fsp3) is 0.484. The number of rotatable bonds is 9. The number of nitrogens with one attached hydrogen (secondary N) is 2. The predicted molar refractivity (Wildman–Crippen MR) is 147 cm³/mol. The van der Waals surface area contributed by atoms with Gasteiger partial charge in [-0.25, -0.2) is 0 Å². The molecule has 2 aromatic rings. The third-order valence-electron chi connectivity index (χ3n) is 7.44. The van der Waals surface area contributed by atoms with Gasteiger partial charge in [-0.2, -0.15) is 0 Å². The lowest BCUT2D eigenvalue weighted by Crippen LogP contribution is -2.66. The second-order valence-corrected chi connectivity index (χ2v) is 11.6. The van der Waals surface area contributed by atoms with Crippen molar-refractivity contribution in [1.29, 1.82) is 0 Å².